The van der Waals surface area contributed by atoms with Gasteiger partial charge in [0.05, 0.1) is 10.5 Å². The standard InChI is InChI=1S/C20H16F3N3O3S/c21-20(22,23)14-5-4-8-17(13-14)26-30(28,29)18-11-9-16(10-12-18)25-19(27)24-15-6-2-1-3-7-15/h1-13,26H,(H2,24,25,27). The van der Waals surface area contributed by atoms with Gasteiger partial charge in [-0.15, -0.1) is 0 Å². The van der Waals surface area contributed by atoms with Gasteiger partial charge in [0, 0.05) is 17.1 Å². The molecule has 0 heterocycles. The van der Waals surface area contributed by atoms with E-state index in [0.29, 0.717) is 17.4 Å². The fourth-order valence-corrected chi connectivity index (χ4v) is 3.55. The minimum Gasteiger partial charge on any atom is -0.308 e. The van der Waals surface area contributed by atoms with Crippen LogP contribution in [0.3, 0.4) is 0 Å². The largest absolute Gasteiger partial charge is 0.416 e. The number of urea groups is 1. The highest BCUT2D eigenvalue weighted by molar-refractivity contribution is 7.92. The van der Waals surface area contributed by atoms with Crippen molar-refractivity contribution in [1.82, 2.24) is 0 Å². The average Bonchev–Trinajstić information content (AvgIpc) is 2.68. The molecule has 3 rings (SSSR count). The minimum atomic E-state index is -4.59. The molecule has 0 bridgehead atoms. The normalized spacial score (nSPS) is 11.6. The van der Waals surface area contributed by atoms with Crippen molar-refractivity contribution in [1.29, 1.82) is 0 Å². The lowest BCUT2D eigenvalue weighted by Crippen LogP contribution is -2.19. The second kappa shape index (κ2) is 8.46. The molecule has 30 heavy (non-hydrogen) atoms. The van der Waals surface area contributed by atoms with Crippen LogP contribution >= 0.6 is 0 Å². The van der Waals surface area contributed by atoms with Gasteiger partial charge in [-0.3, -0.25) is 4.72 Å². The van der Waals surface area contributed by atoms with Gasteiger partial charge in [-0.05, 0) is 54.6 Å². The number of carbonyl (C=O) groups excluding carboxylic acids is 1. The third-order valence-corrected chi connectivity index (χ3v) is 5.29. The molecule has 0 atom stereocenters. The number of alkyl halides is 3. The van der Waals surface area contributed by atoms with Crippen molar-refractivity contribution in [2.24, 2.45) is 0 Å². The third kappa shape index (κ3) is 5.51. The maximum Gasteiger partial charge on any atom is 0.416 e. The Labute approximate surface area is 170 Å². The van der Waals surface area contributed by atoms with Crippen molar-refractivity contribution in [2.45, 2.75) is 11.1 Å². The predicted octanol–water partition coefficient (Wildman–Crippen LogP) is 5.15. The maximum absolute atomic E-state index is 12.8. The highest BCUT2D eigenvalue weighted by Crippen LogP contribution is 2.31. The molecular weight excluding hydrogens is 419 g/mol. The highest BCUT2D eigenvalue weighted by atomic mass is 32.2. The molecule has 0 aliphatic heterocycles. The van der Waals surface area contributed by atoms with Crippen LogP contribution in [0.25, 0.3) is 0 Å². The molecule has 0 radical (unpaired) electrons. The Morgan fingerprint density at radius 2 is 1.30 bits per heavy atom. The fraction of sp³-hybridized carbons (Fsp3) is 0.0500. The molecule has 6 nitrogen and oxygen atoms in total. The van der Waals surface area contributed by atoms with Gasteiger partial charge in [-0.2, -0.15) is 13.2 Å². The molecular formula is C20H16F3N3O3S. The second-order valence-electron chi connectivity index (χ2n) is 6.15. The molecule has 0 unspecified atom stereocenters. The Kier molecular flexibility index (Phi) is 5.97. The molecule has 0 fully saturated rings. The van der Waals surface area contributed by atoms with Crippen LogP contribution in [0, 0.1) is 0 Å². The zero-order valence-electron chi connectivity index (χ0n) is 15.3. The predicted molar refractivity (Wildman–Crippen MR) is 108 cm³/mol. The van der Waals surface area contributed by atoms with Crippen molar-refractivity contribution in [3.63, 3.8) is 0 Å². The van der Waals surface area contributed by atoms with Gasteiger partial charge in [0.1, 0.15) is 0 Å². The number of amides is 2. The molecule has 0 aliphatic rings. The summed E-state index contributed by atoms with van der Waals surface area (Å²) in [5.41, 5.74) is -0.262. The number of sulfonamides is 1. The minimum absolute atomic E-state index is 0.172. The first kappa shape index (κ1) is 21.2. The number of anilines is 3. The molecule has 156 valence electrons. The Morgan fingerprint density at radius 1 is 0.733 bits per heavy atom. The number of rotatable bonds is 5. The van der Waals surface area contributed by atoms with Crippen LogP contribution in [0.2, 0.25) is 0 Å². The summed E-state index contributed by atoms with van der Waals surface area (Å²) in [6, 6.07) is 17.3. The summed E-state index contributed by atoms with van der Waals surface area (Å²) in [5.74, 6) is 0. The van der Waals surface area contributed by atoms with Gasteiger partial charge in [-0.1, -0.05) is 24.3 Å². The van der Waals surface area contributed by atoms with E-state index in [0.717, 1.165) is 12.1 Å². The zero-order chi connectivity index (χ0) is 21.8. The molecule has 3 N–H and O–H groups in total. The highest BCUT2D eigenvalue weighted by Gasteiger charge is 2.30. The van der Waals surface area contributed by atoms with Gasteiger partial charge in [-0.25, -0.2) is 13.2 Å². The van der Waals surface area contributed by atoms with Crippen molar-refractivity contribution in [2.75, 3.05) is 15.4 Å². The summed E-state index contributed by atoms with van der Waals surface area (Å²) in [5, 5.41) is 5.17. The first-order chi connectivity index (χ1) is 14.1. The van der Waals surface area contributed by atoms with E-state index in [2.05, 4.69) is 15.4 Å². The lowest BCUT2D eigenvalue weighted by molar-refractivity contribution is -0.137. The van der Waals surface area contributed by atoms with Crippen molar-refractivity contribution in [3.05, 3.63) is 84.4 Å². The maximum atomic E-state index is 12.8. The van der Waals surface area contributed by atoms with Crippen LogP contribution in [-0.4, -0.2) is 14.4 Å². The summed E-state index contributed by atoms with van der Waals surface area (Å²) in [7, 11) is -4.12. The molecule has 10 heteroatoms. The number of para-hydroxylation sites is 1. The number of benzene rings is 3. The topological polar surface area (TPSA) is 87.3 Å². The third-order valence-electron chi connectivity index (χ3n) is 3.90. The lowest BCUT2D eigenvalue weighted by atomic mass is 10.2. The summed E-state index contributed by atoms with van der Waals surface area (Å²) < 4.78 is 65.4. The Bertz CT molecular complexity index is 1130. The van der Waals surface area contributed by atoms with Gasteiger partial charge < -0.3 is 10.6 Å². The molecule has 0 saturated heterocycles. The van der Waals surface area contributed by atoms with Crippen LogP contribution < -0.4 is 15.4 Å². The van der Waals surface area contributed by atoms with E-state index in [1.165, 1.54) is 30.3 Å². The Balaban J connectivity index is 1.68. The molecule has 2 amide bonds. The number of carbonyl (C=O) groups is 1. The van der Waals surface area contributed by atoms with Crippen LogP contribution in [-0.2, 0) is 16.2 Å². The van der Waals surface area contributed by atoms with Crippen LogP contribution in [0.5, 0.6) is 0 Å². The number of nitrogens with one attached hydrogen (secondary N) is 3. The molecule has 0 saturated carbocycles. The average molecular weight is 435 g/mol. The van der Waals surface area contributed by atoms with E-state index in [-0.39, 0.29) is 10.6 Å². The quantitative estimate of drug-likeness (QED) is 0.518. The smallest absolute Gasteiger partial charge is 0.308 e. The Morgan fingerprint density at radius 3 is 1.90 bits per heavy atom. The van der Waals surface area contributed by atoms with Crippen molar-refractivity contribution in [3.8, 4) is 0 Å². The van der Waals surface area contributed by atoms with Crippen molar-refractivity contribution < 1.29 is 26.4 Å². The van der Waals surface area contributed by atoms with E-state index in [9.17, 15) is 26.4 Å². The number of halogens is 3. The van der Waals surface area contributed by atoms with E-state index in [4.69, 9.17) is 0 Å². The number of hydrogen-bond acceptors (Lipinski definition) is 3. The van der Waals surface area contributed by atoms with E-state index < -0.39 is 27.8 Å². The van der Waals surface area contributed by atoms with Gasteiger partial charge in [0.15, 0.2) is 0 Å². The van der Waals surface area contributed by atoms with Gasteiger partial charge in [0.2, 0.25) is 0 Å². The summed E-state index contributed by atoms with van der Waals surface area (Å²) in [6.45, 7) is 0. The first-order valence-corrected chi connectivity index (χ1v) is 10.0. The molecule has 0 aromatic heterocycles. The SMILES string of the molecule is O=C(Nc1ccccc1)Nc1ccc(S(=O)(=O)Nc2cccc(C(F)(F)F)c2)cc1. The zero-order valence-corrected chi connectivity index (χ0v) is 16.1. The van der Waals surface area contributed by atoms with Gasteiger partial charge in [0.25, 0.3) is 10.0 Å². The fourth-order valence-electron chi connectivity index (χ4n) is 2.51. The lowest BCUT2D eigenvalue weighted by Gasteiger charge is -2.12. The molecule has 3 aromatic rings. The van der Waals surface area contributed by atoms with E-state index in [1.54, 1.807) is 30.3 Å². The van der Waals surface area contributed by atoms with Crippen molar-refractivity contribution >= 4 is 33.1 Å². The van der Waals surface area contributed by atoms with E-state index in [1.807, 2.05) is 0 Å². The first-order valence-electron chi connectivity index (χ1n) is 8.57. The summed E-state index contributed by atoms with van der Waals surface area (Å²) in [4.78, 5) is 11.8. The van der Waals surface area contributed by atoms with Gasteiger partial charge >= 0.3 is 12.2 Å². The van der Waals surface area contributed by atoms with E-state index >= 15 is 0 Å². The monoisotopic (exact) mass is 435 g/mol. The molecule has 3 aromatic carbocycles. The van der Waals surface area contributed by atoms with Crippen LogP contribution in [0.15, 0.2) is 83.8 Å². The number of hydrogen-bond donors (Lipinski definition) is 3. The van der Waals surface area contributed by atoms with Crippen LogP contribution in [0.1, 0.15) is 5.56 Å². The molecule has 0 aliphatic carbocycles. The summed E-state index contributed by atoms with van der Waals surface area (Å²) in [6.07, 6.45) is -4.59. The second-order valence-corrected chi connectivity index (χ2v) is 7.84. The van der Waals surface area contributed by atoms with Crippen LogP contribution in [0.4, 0.5) is 35.0 Å². The summed E-state index contributed by atoms with van der Waals surface area (Å²) >= 11 is 0. The molecule has 0 spiro atoms. The Hall–Kier alpha value is -3.53.